The van der Waals surface area contributed by atoms with E-state index in [-0.39, 0.29) is 36.2 Å². The van der Waals surface area contributed by atoms with E-state index in [0.29, 0.717) is 47.8 Å². The van der Waals surface area contributed by atoms with Gasteiger partial charge in [-0.05, 0) is 61.7 Å². The topological polar surface area (TPSA) is 182 Å². The van der Waals surface area contributed by atoms with Crippen molar-refractivity contribution in [3.05, 3.63) is 71.7 Å². The van der Waals surface area contributed by atoms with Crippen molar-refractivity contribution in [1.82, 2.24) is 25.0 Å². The molecule has 0 aliphatic rings. The van der Waals surface area contributed by atoms with E-state index in [1.807, 2.05) is 6.92 Å². The summed E-state index contributed by atoms with van der Waals surface area (Å²) >= 11 is 0. The lowest BCUT2D eigenvalue weighted by atomic mass is 10.0. The SMILES string of the molecule is CCc1cc(Nc2nccn3c(-c4ccc(OC)c(F)c4F)cnc23)ccc1C(=O)NCC(O)CNC(=O)C(N)CCCCN. The van der Waals surface area contributed by atoms with Crippen molar-refractivity contribution < 1.29 is 28.2 Å². The van der Waals surface area contributed by atoms with Gasteiger partial charge in [-0.1, -0.05) is 13.3 Å². The molecule has 12 nitrogen and oxygen atoms in total. The summed E-state index contributed by atoms with van der Waals surface area (Å²) in [6, 6.07) is 7.23. The van der Waals surface area contributed by atoms with E-state index in [1.54, 1.807) is 28.8 Å². The van der Waals surface area contributed by atoms with E-state index in [0.717, 1.165) is 18.4 Å². The zero-order valence-corrected chi connectivity index (χ0v) is 25.1. The van der Waals surface area contributed by atoms with Crippen LogP contribution in [-0.2, 0) is 11.2 Å². The number of carbonyl (C=O) groups is 2. The average molecular weight is 625 g/mol. The van der Waals surface area contributed by atoms with Gasteiger partial charge in [-0.15, -0.1) is 0 Å². The molecule has 2 aromatic heterocycles. The molecule has 8 N–H and O–H groups in total. The fourth-order valence-corrected chi connectivity index (χ4v) is 4.78. The Balaban J connectivity index is 1.41. The number of anilines is 2. The van der Waals surface area contributed by atoms with Crippen LogP contribution in [0.15, 0.2) is 48.9 Å². The summed E-state index contributed by atoms with van der Waals surface area (Å²) in [5.74, 6) is -2.74. The van der Waals surface area contributed by atoms with Crippen molar-refractivity contribution in [3.63, 3.8) is 0 Å². The van der Waals surface area contributed by atoms with Gasteiger partial charge in [0.1, 0.15) is 0 Å². The lowest BCUT2D eigenvalue weighted by Gasteiger charge is -2.17. The van der Waals surface area contributed by atoms with E-state index in [9.17, 15) is 23.5 Å². The number of rotatable bonds is 15. The van der Waals surface area contributed by atoms with Crippen LogP contribution in [0.1, 0.15) is 42.1 Å². The number of nitrogens with zero attached hydrogens (tertiary/aromatic N) is 3. The number of fused-ring (bicyclic) bond motifs is 1. The molecule has 2 aromatic carbocycles. The van der Waals surface area contributed by atoms with Crippen LogP contribution in [0.3, 0.4) is 0 Å². The second kappa shape index (κ2) is 15.4. The molecule has 0 aliphatic carbocycles. The Hall–Kier alpha value is -4.66. The number of unbranched alkanes of at least 4 members (excludes halogenated alkanes) is 1. The van der Waals surface area contributed by atoms with Crippen LogP contribution in [-0.4, -0.2) is 70.2 Å². The largest absolute Gasteiger partial charge is 0.494 e. The number of hydrogen-bond acceptors (Lipinski definition) is 9. The molecule has 4 aromatic rings. The number of aliphatic hydroxyl groups is 1. The first-order valence-corrected chi connectivity index (χ1v) is 14.6. The van der Waals surface area contributed by atoms with Gasteiger partial charge in [0, 0.05) is 42.3 Å². The van der Waals surface area contributed by atoms with Gasteiger partial charge < -0.3 is 37.3 Å². The predicted molar refractivity (Wildman–Crippen MR) is 166 cm³/mol. The highest BCUT2D eigenvalue weighted by Crippen LogP contribution is 2.31. The number of nitrogens with two attached hydrogens (primary N) is 2. The smallest absolute Gasteiger partial charge is 0.251 e. The maximum absolute atomic E-state index is 14.8. The van der Waals surface area contributed by atoms with Gasteiger partial charge in [0.2, 0.25) is 11.7 Å². The first-order chi connectivity index (χ1) is 21.7. The highest BCUT2D eigenvalue weighted by molar-refractivity contribution is 5.96. The normalized spacial score (nSPS) is 12.5. The Morgan fingerprint density at radius 2 is 1.87 bits per heavy atom. The van der Waals surface area contributed by atoms with Crippen LogP contribution in [0.4, 0.5) is 20.3 Å². The third-order valence-corrected chi connectivity index (χ3v) is 7.28. The first kappa shape index (κ1) is 33.2. The van der Waals surface area contributed by atoms with Crippen molar-refractivity contribution in [2.75, 3.05) is 32.1 Å². The maximum Gasteiger partial charge on any atom is 0.251 e. The van der Waals surface area contributed by atoms with Crippen LogP contribution in [0.25, 0.3) is 16.9 Å². The molecule has 4 rings (SSSR count). The molecule has 2 unspecified atom stereocenters. The summed E-state index contributed by atoms with van der Waals surface area (Å²) in [5.41, 5.74) is 13.8. The number of aromatic nitrogens is 3. The number of imidazole rings is 1. The molecule has 0 saturated carbocycles. The van der Waals surface area contributed by atoms with Gasteiger partial charge in [-0.2, -0.15) is 4.39 Å². The van der Waals surface area contributed by atoms with Crippen molar-refractivity contribution >= 4 is 29.0 Å². The average Bonchev–Trinajstić information content (AvgIpc) is 3.48. The highest BCUT2D eigenvalue weighted by Gasteiger charge is 2.20. The number of carbonyl (C=O) groups excluding carboxylic acids is 2. The molecule has 14 heteroatoms. The molecular formula is C31H38F2N8O4. The standard InChI is InChI=1S/C31H38F2N8O4/c1-3-18-14-19(7-8-21(18)30(43)38-15-20(42)16-39-31(44)23(35)6-4-5-11-34)40-28-29-37-17-24(41(29)13-12-36-28)22-9-10-25(45-2)27(33)26(22)32/h7-10,12-14,17,20,23,42H,3-6,11,15-16,34-35H2,1-2H3,(H,36,40)(H,38,43)(H,39,44). The second-order valence-electron chi connectivity index (χ2n) is 10.4. The van der Waals surface area contributed by atoms with Crippen LogP contribution >= 0.6 is 0 Å². The number of nitrogens with one attached hydrogen (secondary N) is 3. The predicted octanol–water partition coefficient (Wildman–Crippen LogP) is 2.65. The van der Waals surface area contributed by atoms with Crippen molar-refractivity contribution in [1.29, 1.82) is 0 Å². The number of benzene rings is 2. The highest BCUT2D eigenvalue weighted by atomic mass is 19.2. The van der Waals surface area contributed by atoms with Crippen LogP contribution in [0.5, 0.6) is 5.75 Å². The Morgan fingerprint density at radius 1 is 1.09 bits per heavy atom. The molecule has 0 spiro atoms. The molecular weight excluding hydrogens is 586 g/mol. The number of aryl methyl sites for hydroxylation is 1. The van der Waals surface area contributed by atoms with Crippen LogP contribution in [0.2, 0.25) is 0 Å². The Bertz CT molecular complexity index is 1650. The minimum absolute atomic E-state index is 0.0102. The zero-order valence-electron chi connectivity index (χ0n) is 25.1. The summed E-state index contributed by atoms with van der Waals surface area (Å²) in [4.78, 5) is 33.8. The molecule has 0 saturated heterocycles. The fourth-order valence-electron chi connectivity index (χ4n) is 4.78. The Labute approximate surface area is 259 Å². The van der Waals surface area contributed by atoms with Gasteiger partial charge in [0.05, 0.1) is 31.1 Å². The van der Waals surface area contributed by atoms with Crippen LogP contribution in [0, 0.1) is 11.6 Å². The summed E-state index contributed by atoms with van der Waals surface area (Å²) in [5, 5.41) is 18.8. The van der Waals surface area contributed by atoms with Gasteiger partial charge in [0.15, 0.2) is 23.0 Å². The molecule has 0 radical (unpaired) electrons. The van der Waals surface area contributed by atoms with Crippen molar-refractivity contribution in [2.24, 2.45) is 11.5 Å². The third kappa shape index (κ3) is 7.90. The monoisotopic (exact) mass is 624 g/mol. The molecule has 45 heavy (non-hydrogen) atoms. The molecule has 2 amide bonds. The molecule has 0 fully saturated rings. The van der Waals surface area contributed by atoms with Crippen molar-refractivity contribution in [3.8, 4) is 17.0 Å². The number of hydrogen-bond donors (Lipinski definition) is 6. The quantitative estimate of drug-likeness (QED) is 0.108. The van der Waals surface area contributed by atoms with Crippen LogP contribution < -0.4 is 32.2 Å². The molecule has 0 aliphatic heterocycles. The van der Waals surface area contributed by atoms with E-state index in [1.165, 1.54) is 31.6 Å². The molecule has 2 heterocycles. The molecule has 2 atom stereocenters. The van der Waals surface area contributed by atoms with E-state index in [4.69, 9.17) is 16.2 Å². The van der Waals surface area contributed by atoms with Gasteiger partial charge >= 0.3 is 0 Å². The van der Waals surface area contributed by atoms with E-state index < -0.39 is 23.8 Å². The van der Waals surface area contributed by atoms with E-state index >= 15 is 0 Å². The van der Waals surface area contributed by atoms with Gasteiger partial charge in [-0.3, -0.25) is 14.0 Å². The number of aliphatic hydroxyl groups excluding tert-OH is 1. The molecule has 0 bridgehead atoms. The van der Waals surface area contributed by atoms with Crippen molar-refractivity contribution in [2.45, 2.75) is 44.8 Å². The first-order valence-electron chi connectivity index (χ1n) is 14.6. The summed E-state index contributed by atoms with van der Waals surface area (Å²) in [6.45, 7) is 2.31. The number of amides is 2. The van der Waals surface area contributed by atoms with Gasteiger partial charge in [0.25, 0.3) is 5.91 Å². The lowest BCUT2D eigenvalue weighted by Crippen LogP contribution is -2.45. The van der Waals surface area contributed by atoms with E-state index in [2.05, 4.69) is 25.9 Å². The van der Waals surface area contributed by atoms with Gasteiger partial charge in [-0.25, -0.2) is 14.4 Å². The molecule has 240 valence electrons. The lowest BCUT2D eigenvalue weighted by molar-refractivity contribution is -0.122. The minimum Gasteiger partial charge on any atom is -0.494 e. The minimum atomic E-state index is -1.09. The number of methoxy groups -OCH3 is 1. The zero-order chi connectivity index (χ0) is 32.5. The fraction of sp³-hybridized carbons (Fsp3) is 0.355. The summed E-state index contributed by atoms with van der Waals surface area (Å²) < 4.78 is 35.7. The second-order valence-corrected chi connectivity index (χ2v) is 10.4. The Morgan fingerprint density at radius 3 is 2.60 bits per heavy atom. The summed E-state index contributed by atoms with van der Waals surface area (Å²) in [6.07, 6.45) is 6.07. The Kier molecular flexibility index (Phi) is 11.4. The third-order valence-electron chi connectivity index (χ3n) is 7.28. The maximum atomic E-state index is 14.8. The number of ether oxygens (including phenoxy) is 1. The number of halogens is 2. The summed E-state index contributed by atoms with van der Waals surface area (Å²) in [7, 11) is 1.26.